The van der Waals surface area contributed by atoms with E-state index in [2.05, 4.69) is 10.1 Å². The molecule has 31 heavy (non-hydrogen) atoms. The molecule has 3 rings (SSSR count). The molecule has 2 heterocycles. The van der Waals surface area contributed by atoms with Crippen molar-refractivity contribution in [1.82, 2.24) is 19.9 Å². The maximum absolute atomic E-state index is 12.9. The van der Waals surface area contributed by atoms with E-state index < -0.39 is 6.10 Å². The molecule has 0 bridgehead atoms. The maximum atomic E-state index is 12.9. The minimum Gasteiger partial charge on any atom is -0.497 e. The first kappa shape index (κ1) is 22.7. The molecule has 1 aliphatic heterocycles. The van der Waals surface area contributed by atoms with Crippen molar-refractivity contribution in [2.45, 2.75) is 58.9 Å². The molecule has 1 saturated heterocycles. The van der Waals surface area contributed by atoms with Gasteiger partial charge in [0.05, 0.1) is 26.3 Å². The number of carbonyl (C=O) groups is 2. The predicted molar refractivity (Wildman–Crippen MR) is 112 cm³/mol. The molecule has 0 aliphatic carbocycles. The Bertz CT molecular complexity index is 900. The van der Waals surface area contributed by atoms with Gasteiger partial charge in [0, 0.05) is 26.4 Å². The Morgan fingerprint density at radius 3 is 2.87 bits per heavy atom. The summed E-state index contributed by atoms with van der Waals surface area (Å²) in [4.78, 5) is 32.8. The molecule has 1 aliphatic rings. The lowest BCUT2D eigenvalue weighted by Crippen LogP contribution is -2.43. The van der Waals surface area contributed by atoms with Gasteiger partial charge in [0.15, 0.2) is 5.82 Å². The topological polar surface area (TPSA) is 98.0 Å². The van der Waals surface area contributed by atoms with Crippen LogP contribution in [0.4, 0.5) is 0 Å². The number of ether oxygens (including phenoxy) is 2. The van der Waals surface area contributed by atoms with Gasteiger partial charge in [-0.2, -0.15) is 4.98 Å². The monoisotopic (exact) mass is 430 g/mol. The largest absolute Gasteiger partial charge is 0.497 e. The van der Waals surface area contributed by atoms with Crippen molar-refractivity contribution in [3.63, 3.8) is 0 Å². The third-order valence-corrected chi connectivity index (χ3v) is 5.43. The zero-order valence-corrected chi connectivity index (χ0v) is 18.5. The van der Waals surface area contributed by atoms with Gasteiger partial charge in [-0.15, -0.1) is 0 Å². The second kappa shape index (κ2) is 10.4. The van der Waals surface area contributed by atoms with Gasteiger partial charge < -0.3 is 23.8 Å². The molecule has 9 heteroatoms. The summed E-state index contributed by atoms with van der Waals surface area (Å²) < 4.78 is 16.2. The number of aromatic nitrogens is 2. The molecule has 9 nitrogen and oxygen atoms in total. The Morgan fingerprint density at radius 1 is 1.39 bits per heavy atom. The minimum absolute atomic E-state index is 0.0792. The van der Waals surface area contributed by atoms with Gasteiger partial charge in [0.2, 0.25) is 11.8 Å². The van der Waals surface area contributed by atoms with E-state index in [1.807, 2.05) is 31.2 Å². The Hall–Kier alpha value is -2.94. The van der Waals surface area contributed by atoms with Crippen LogP contribution in [0, 0.1) is 0 Å². The summed E-state index contributed by atoms with van der Waals surface area (Å²) in [7, 11) is 1.61. The molecular weight excluding hydrogens is 400 g/mol. The molecule has 0 radical (unpaired) electrons. The van der Waals surface area contributed by atoms with E-state index in [4.69, 9.17) is 14.0 Å². The standard InChI is InChI=1S/C22H30N4O5/c1-5-21-23-20(24-31-21)13-26(16(3)27)18-9-10-25(12-18)22(28)15(2)30-14-17-7-6-8-19(11-17)29-4/h6-8,11,15,18H,5,9-10,12-14H2,1-4H3/t15-,18+/m1/s1. The van der Waals surface area contributed by atoms with E-state index >= 15 is 0 Å². The van der Waals surface area contributed by atoms with Crippen LogP contribution in [0.5, 0.6) is 5.75 Å². The minimum atomic E-state index is -0.583. The highest BCUT2D eigenvalue weighted by Gasteiger charge is 2.34. The van der Waals surface area contributed by atoms with E-state index in [1.54, 1.807) is 23.8 Å². The van der Waals surface area contributed by atoms with Crippen LogP contribution in [0.15, 0.2) is 28.8 Å². The SMILES string of the molecule is CCc1nc(CN(C(C)=O)[C@H]2CCN(C(=O)[C@@H](C)OCc3cccc(OC)c3)C2)no1. The number of likely N-dealkylation sites (tertiary alicyclic amines) is 1. The van der Waals surface area contributed by atoms with Crippen LogP contribution < -0.4 is 4.74 Å². The third kappa shape index (κ3) is 5.81. The lowest BCUT2D eigenvalue weighted by Gasteiger charge is -2.27. The molecule has 168 valence electrons. The van der Waals surface area contributed by atoms with Crippen LogP contribution in [-0.4, -0.2) is 64.1 Å². The lowest BCUT2D eigenvalue weighted by molar-refractivity contribution is -0.143. The highest BCUT2D eigenvalue weighted by Crippen LogP contribution is 2.20. The van der Waals surface area contributed by atoms with E-state index in [0.29, 0.717) is 44.3 Å². The second-order valence-corrected chi connectivity index (χ2v) is 7.64. The second-order valence-electron chi connectivity index (χ2n) is 7.64. The Balaban J connectivity index is 1.54. The van der Waals surface area contributed by atoms with E-state index in [1.165, 1.54) is 6.92 Å². The predicted octanol–water partition coefficient (Wildman–Crippen LogP) is 2.20. The molecule has 2 aromatic rings. The molecule has 2 amide bonds. The summed E-state index contributed by atoms with van der Waals surface area (Å²) >= 11 is 0. The molecule has 0 unspecified atom stereocenters. The van der Waals surface area contributed by atoms with Crippen molar-refractivity contribution in [2.24, 2.45) is 0 Å². The Kier molecular flexibility index (Phi) is 7.62. The van der Waals surface area contributed by atoms with Crippen LogP contribution in [0.25, 0.3) is 0 Å². The van der Waals surface area contributed by atoms with Crippen LogP contribution in [0.2, 0.25) is 0 Å². The zero-order chi connectivity index (χ0) is 22.4. The van der Waals surface area contributed by atoms with Gasteiger partial charge in [0.25, 0.3) is 5.91 Å². The van der Waals surface area contributed by atoms with Crippen LogP contribution in [0.3, 0.4) is 0 Å². The average Bonchev–Trinajstić information content (AvgIpc) is 3.44. The fourth-order valence-corrected chi connectivity index (χ4v) is 3.66. The van der Waals surface area contributed by atoms with Crippen molar-refractivity contribution < 1.29 is 23.6 Å². The first-order valence-electron chi connectivity index (χ1n) is 10.5. The lowest BCUT2D eigenvalue weighted by atomic mass is 10.2. The number of hydrogen-bond acceptors (Lipinski definition) is 7. The first-order chi connectivity index (χ1) is 14.9. The molecule has 0 saturated carbocycles. The number of carbonyl (C=O) groups excluding carboxylic acids is 2. The number of nitrogens with zero attached hydrogens (tertiary/aromatic N) is 4. The van der Waals surface area contributed by atoms with Gasteiger partial charge in [-0.3, -0.25) is 9.59 Å². The van der Waals surface area contributed by atoms with Crippen molar-refractivity contribution in [1.29, 1.82) is 0 Å². The summed E-state index contributed by atoms with van der Waals surface area (Å²) in [6.07, 6.45) is 0.763. The van der Waals surface area contributed by atoms with Crippen molar-refractivity contribution >= 4 is 11.8 Å². The summed E-state index contributed by atoms with van der Waals surface area (Å²) in [5, 5.41) is 3.94. The average molecular weight is 431 g/mol. The number of aryl methyl sites for hydroxylation is 1. The van der Waals surface area contributed by atoms with Crippen molar-refractivity contribution in [2.75, 3.05) is 20.2 Å². The third-order valence-electron chi connectivity index (χ3n) is 5.43. The maximum Gasteiger partial charge on any atom is 0.251 e. The Labute approximate surface area is 182 Å². The summed E-state index contributed by atoms with van der Waals surface area (Å²) in [6.45, 7) is 6.83. The molecule has 0 spiro atoms. The van der Waals surface area contributed by atoms with Gasteiger partial charge in [-0.1, -0.05) is 24.2 Å². The molecule has 2 atom stereocenters. The Morgan fingerprint density at radius 2 is 2.19 bits per heavy atom. The fraction of sp³-hybridized carbons (Fsp3) is 0.545. The number of benzene rings is 1. The van der Waals surface area contributed by atoms with Gasteiger partial charge in [0.1, 0.15) is 11.9 Å². The van der Waals surface area contributed by atoms with E-state index in [-0.39, 0.29) is 24.4 Å². The van der Waals surface area contributed by atoms with Gasteiger partial charge in [-0.25, -0.2) is 0 Å². The molecule has 1 fully saturated rings. The van der Waals surface area contributed by atoms with Crippen molar-refractivity contribution in [3.05, 3.63) is 41.5 Å². The van der Waals surface area contributed by atoms with Crippen LogP contribution >= 0.6 is 0 Å². The summed E-state index contributed by atoms with van der Waals surface area (Å²) in [6, 6.07) is 7.48. The molecule has 1 aromatic heterocycles. The first-order valence-corrected chi connectivity index (χ1v) is 10.5. The summed E-state index contributed by atoms with van der Waals surface area (Å²) in [5.41, 5.74) is 0.938. The fourth-order valence-electron chi connectivity index (χ4n) is 3.66. The summed E-state index contributed by atoms with van der Waals surface area (Å²) in [5.74, 6) is 1.61. The quantitative estimate of drug-likeness (QED) is 0.601. The van der Waals surface area contributed by atoms with Gasteiger partial charge >= 0.3 is 0 Å². The highest BCUT2D eigenvalue weighted by atomic mass is 16.5. The van der Waals surface area contributed by atoms with E-state index in [0.717, 1.165) is 11.3 Å². The number of hydrogen-bond donors (Lipinski definition) is 0. The molecule has 1 aromatic carbocycles. The highest BCUT2D eigenvalue weighted by molar-refractivity contribution is 5.81. The number of methoxy groups -OCH3 is 1. The molecular formula is C22H30N4O5. The van der Waals surface area contributed by atoms with Crippen molar-refractivity contribution in [3.8, 4) is 5.75 Å². The molecule has 0 N–H and O–H groups in total. The number of rotatable bonds is 9. The van der Waals surface area contributed by atoms with E-state index in [9.17, 15) is 9.59 Å². The smallest absolute Gasteiger partial charge is 0.251 e. The van der Waals surface area contributed by atoms with Crippen LogP contribution in [-0.2, 0) is 33.9 Å². The normalized spacial score (nSPS) is 16.9. The van der Waals surface area contributed by atoms with Crippen LogP contribution in [0.1, 0.15) is 44.5 Å². The number of amides is 2. The zero-order valence-electron chi connectivity index (χ0n) is 18.5. The van der Waals surface area contributed by atoms with Gasteiger partial charge in [-0.05, 0) is 31.0 Å².